The molecule has 0 aliphatic heterocycles. The van der Waals surface area contributed by atoms with Gasteiger partial charge in [-0.25, -0.2) is 4.39 Å². The molecule has 0 amide bonds. The molecule has 20 heavy (non-hydrogen) atoms. The van der Waals surface area contributed by atoms with E-state index in [1.807, 2.05) is 30.3 Å². The molecule has 0 aliphatic rings. The smallest absolute Gasteiger partial charge is 0.153 e. The van der Waals surface area contributed by atoms with Crippen molar-refractivity contribution in [3.8, 4) is 11.5 Å². The van der Waals surface area contributed by atoms with E-state index in [1.165, 1.54) is 12.1 Å². The molecule has 3 nitrogen and oxygen atoms in total. The fourth-order valence-electron chi connectivity index (χ4n) is 1.73. The van der Waals surface area contributed by atoms with Crippen LogP contribution in [0.1, 0.15) is 5.76 Å². The fraction of sp³-hybridized carbons (Fsp3) is 0. The lowest BCUT2D eigenvalue weighted by atomic mass is 10.3. The Morgan fingerprint density at radius 1 is 1.00 bits per heavy atom. The second-order valence-corrected chi connectivity index (χ2v) is 4.15. The Bertz CT molecular complexity index is 718. The van der Waals surface area contributed by atoms with Gasteiger partial charge in [-0.2, -0.15) is 0 Å². The van der Waals surface area contributed by atoms with Crippen molar-refractivity contribution in [3.63, 3.8) is 0 Å². The molecule has 0 spiro atoms. The lowest BCUT2D eigenvalue weighted by Gasteiger charge is -1.94. The van der Waals surface area contributed by atoms with Crippen LogP contribution in [0.5, 0.6) is 0 Å². The van der Waals surface area contributed by atoms with Gasteiger partial charge in [0.25, 0.3) is 0 Å². The standard InChI is InChI=1S/C16H11FN2O/c17-12-4-6-13(7-5-12)19-11-14-8-9-16(20-14)15-3-1-2-10-18-15/h1-11H. The average molecular weight is 266 g/mol. The first-order valence-electron chi connectivity index (χ1n) is 6.12. The van der Waals surface area contributed by atoms with Crippen molar-refractivity contribution in [3.05, 3.63) is 72.4 Å². The van der Waals surface area contributed by atoms with Gasteiger partial charge in [-0.15, -0.1) is 0 Å². The molecule has 4 heteroatoms. The Kier molecular flexibility index (Phi) is 3.37. The molecular formula is C16H11FN2O. The summed E-state index contributed by atoms with van der Waals surface area (Å²) in [6, 6.07) is 15.2. The Morgan fingerprint density at radius 2 is 1.85 bits per heavy atom. The van der Waals surface area contributed by atoms with Crippen LogP contribution < -0.4 is 0 Å². The van der Waals surface area contributed by atoms with Gasteiger partial charge in [-0.1, -0.05) is 6.07 Å². The third-order valence-corrected chi connectivity index (χ3v) is 2.71. The third kappa shape index (κ3) is 2.80. The van der Waals surface area contributed by atoms with Gasteiger partial charge in [-0.05, 0) is 48.5 Å². The normalized spacial score (nSPS) is 11.1. The molecule has 0 fully saturated rings. The van der Waals surface area contributed by atoms with Crippen molar-refractivity contribution < 1.29 is 8.81 Å². The summed E-state index contributed by atoms with van der Waals surface area (Å²) in [4.78, 5) is 8.43. The highest BCUT2D eigenvalue weighted by atomic mass is 19.1. The number of benzene rings is 1. The van der Waals surface area contributed by atoms with Crippen LogP contribution in [0.15, 0.2) is 70.2 Å². The minimum Gasteiger partial charge on any atom is -0.453 e. The van der Waals surface area contributed by atoms with Crippen LogP contribution in [0.25, 0.3) is 11.5 Å². The van der Waals surface area contributed by atoms with Crippen LogP contribution in [0.3, 0.4) is 0 Å². The number of halogens is 1. The van der Waals surface area contributed by atoms with Crippen molar-refractivity contribution in [2.45, 2.75) is 0 Å². The third-order valence-electron chi connectivity index (χ3n) is 2.71. The number of furan rings is 1. The first-order chi connectivity index (χ1) is 9.81. The van der Waals surface area contributed by atoms with E-state index in [0.29, 0.717) is 17.2 Å². The van der Waals surface area contributed by atoms with Gasteiger partial charge in [-0.3, -0.25) is 9.98 Å². The SMILES string of the molecule is Fc1ccc(N=Cc2ccc(-c3ccccn3)o2)cc1. The highest BCUT2D eigenvalue weighted by molar-refractivity contribution is 5.79. The minimum absolute atomic E-state index is 0.278. The van der Waals surface area contributed by atoms with Gasteiger partial charge in [0.15, 0.2) is 5.76 Å². The van der Waals surface area contributed by atoms with Gasteiger partial charge in [0.1, 0.15) is 17.3 Å². The number of nitrogens with zero attached hydrogens (tertiary/aromatic N) is 2. The first kappa shape index (κ1) is 12.3. The molecule has 0 saturated heterocycles. The predicted molar refractivity (Wildman–Crippen MR) is 75.6 cm³/mol. The van der Waals surface area contributed by atoms with Crippen LogP contribution in [0.2, 0.25) is 0 Å². The maximum absolute atomic E-state index is 12.8. The van der Waals surface area contributed by atoms with Gasteiger partial charge >= 0.3 is 0 Å². The van der Waals surface area contributed by atoms with E-state index >= 15 is 0 Å². The van der Waals surface area contributed by atoms with E-state index in [1.54, 1.807) is 24.5 Å². The molecule has 0 unspecified atom stereocenters. The zero-order valence-corrected chi connectivity index (χ0v) is 10.5. The van der Waals surface area contributed by atoms with Crippen LogP contribution >= 0.6 is 0 Å². The number of aliphatic imine (C=N–C) groups is 1. The molecular weight excluding hydrogens is 255 g/mol. The van der Waals surface area contributed by atoms with Gasteiger partial charge in [0.2, 0.25) is 0 Å². The molecule has 0 saturated carbocycles. The molecule has 0 aliphatic carbocycles. The average Bonchev–Trinajstić information content (AvgIpc) is 2.97. The van der Waals surface area contributed by atoms with Crippen molar-refractivity contribution in [1.29, 1.82) is 0 Å². The Morgan fingerprint density at radius 3 is 2.60 bits per heavy atom. The Labute approximate surface area is 115 Å². The molecule has 98 valence electrons. The number of rotatable bonds is 3. The Hall–Kier alpha value is -2.75. The first-order valence-corrected chi connectivity index (χ1v) is 6.12. The minimum atomic E-state index is -0.278. The zero-order valence-electron chi connectivity index (χ0n) is 10.5. The summed E-state index contributed by atoms with van der Waals surface area (Å²) in [5.41, 5.74) is 1.44. The monoisotopic (exact) mass is 266 g/mol. The summed E-state index contributed by atoms with van der Waals surface area (Å²) in [6.45, 7) is 0. The van der Waals surface area contributed by atoms with Crippen molar-refractivity contribution in [1.82, 2.24) is 4.98 Å². The number of hydrogen-bond acceptors (Lipinski definition) is 3. The molecule has 0 N–H and O–H groups in total. The summed E-state index contributed by atoms with van der Waals surface area (Å²) < 4.78 is 18.4. The van der Waals surface area contributed by atoms with E-state index in [2.05, 4.69) is 9.98 Å². The van der Waals surface area contributed by atoms with E-state index in [-0.39, 0.29) is 5.82 Å². The lowest BCUT2D eigenvalue weighted by molar-refractivity contribution is 0.573. The van der Waals surface area contributed by atoms with E-state index in [9.17, 15) is 4.39 Å². The number of pyridine rings is 1. The van der Waals surface area contributed by atoms with Crippen molar-refractivity contribution in [2.75, 3.05) is 0 Å². The molecule has 3 aromatic rings. The van der Waals surface area contributed by atoms with Crippen LogP contribution in [-0.2, 0) is 0 Å². The van der Waals surface area contributed by atoms with E-state index in [0.717, 1.165) is 5.69 Å². The van der Waals surface area contributed by atoms with Crippen molar-refractivity contribution >= 4 is 11.9 Å². The highest BCUT2D eigenvalue weighted by Crippen LogP contribution is 2.19. The molecule has 0 atom stereocenters. The largest absolute Gasteiger partial charge is 0.453 e. The maximum Gasteiger partial charge on any atom is 0.153 e. The number of hydrogen-bond donors (Lipinski definition) is 0. The summed E-state index contributed by atoms with van der Waals surface area (Å²) in [5.74, 6) is 1.03. The van der Waals surface area contributed by atoms with E-state index in [4.69, 9.17) is 4.42 Å². The molecule has 0 radical (unpaired) electrons. The quantitative estimate of drug-likeness (QED) is 0.665. The van der Waals surface area contributed by atoms with Crippen molar-refractivity contribution in [2.24, 2.45) is 4.99 Å². The molecule has 2 heterocycles. The van der Waals surface area contributed by atoms with Crippen LogP contribution in [0.4, 0.5) is 10.1 Å². The van der Waals surface area contributed by atoms with Gasteiger partial charge in [0, 0.05) is 6.20 Å². The number of aromatic nitrogens is 1. The molecule has 2 aromatic heterocycles. The zero-order chi connectivity index (χ0) is 13.8. The predicted octanol–water partition coefficient (Wildman–Crippen LogP) is 4.23. The summed E-state index contributed by atoms with van der Waals surface area (Å²) in [7, 11) is 0. The molecule has 0 bridgehead atoms. The molecule has 1 aromatic carbocycles. The summed E-state index contributed by atoms with van der Waals surface area (Å²) in [6.07, 6.45) is 3.31. The van der Waals surface area contributed by atoms with Crippen LogP contribution in [0, 0.1) is 5.82 Å². The van der Waals surface area contributed by atoms with Crippen LogP contribution in [-0.4, -0.2) is 11.2 Å². The van der Waals surface area contributed by atoms with Gasteiger partial charge in [0.05, 0.1) is 11.9 Å². The summed E-state index contributed by atoms with van der Waals surface area (Å²) in [5, 5.41) is 0. The fourth-order valence-corrected chi connectivity index (χ4v) is 1.73. The topological polar surface area (TPSA) is 38.4 Å². The highest BCUT2D eigenvalue weighted by Gasteiger charge is 2.03. The summed E-state index contributed by atoms with van der Waals surface area (Å²) >= 11 is 0. The second-order valence-electron chi connectivity index (χ2n) is 4.15. The lowest BCUT2D eigenvalue weighted by Crippen LogP contribution is -1.78. The second kappa shape index (κ2) is 5.48. The van der Waals surface area contributed by atoms with Gasteiger partial charge < -0.3 is 4.42 Å². The maximum atomic E-state index is 12.8. The Balaban J connectivity index is 1.79. The molecule has 3 rings (SSSR count). The van der Waals surface area contributed by atoms with E-state index < -0.39 is 0 Å².